The van der Waals surface area contributed by atoms with Gasteiger partial charge < -0.3 is 4.74 Å². The molecule has 3 aromatic rings. The number of methoxy groups -OCH3 is 1. The Hall–Kier alpha value is -2.93. The predicted octanol–water partition coefficient (Wildman–Crippen LogP) is 3.57. The minimum Gasteiger partial charge on any atom is -0.496 e. The topological polar surface area (TPSA) is 81.2 Å². The number of nitrogens with one attached hydrogen (secondary N) is 1. The van der Waals surface area contributed by atoms with E-state index < -0.39 is 10.0 Å². The fourth-order valence-electron chi connectivity index (χ4n) is 2.56. The maximum absolute atomic E-state index is 12.5. The second-order valence-corrected chi connectivity index (χ2v) is 7.54. The Morgan fingerprint density at radius 3 is 2.38 bits per heavy atom. The molecule has 6 nitrogen and oxygen atoms in total. The van der Waals surface area contributed by atoms with E-state index in [0.29, 0.717) is 11.4 Å². The summed E-state index contributed by atoms with van der Waals surface area (Å²) >= 11 is 0. The first-order valence-electron chi connectivity index (χ1n) is 7.95. The van der Waals surface area contributed by atoms with Crippen LogP contribution in [0.5, 0.6) is 5.75 Å². The zero-order chi connectivity index (χ0) is 18.7. The van der Waals surface area contributed by atoms with Crippen LogP contribution in [0.4, 0.5) is 5.69 Å². The number of rotatable bonds is 5. The second kappa shape index (κ2) is 7.13. The molecular weight excluding hydrogens is 350 g/mol. The maximum atomic E-state index is 12.5. The van der Waals surface area contributed by atoms with Crippen molar-refractivity contribution in [2.24, 2.45) is 0 Å². The van der Waals surface area contributed by atoms with Crippen molar-refractivity contribution < 1.29 is 13.2 Å². The van der Waals surface area contributed by atoms with Gasteiger partial charge in [-0.25, -0.2) is 18.4 Å². The summed E-state index contributed by atoms with van der Waals surface area (Å²) in [6, 6.07) is 11.8. The number of nitrogens with zero attached hydrogens (tertiary/aromatic N) is 2. The molecule has 26 heavy (non-hydrogen) atoms. The van der Waals surface area contributed by atoms with Gasteiger partial charge in [-0.2, -0.15) is 0 Å². The number of aryl methyl sites for hydroxylation is 2. The number of benzene rings is 2. The quantitative estimate of drug-likeness (QED) is 0.743. The van der Waals surface area contributed by atoms with Crippen molar-refractivity contribution in [1.29, 1.82) is 0 Å². The standard InChI is InChI=1S/C19H19N3O3S/c1-13-4-7-16(8-5-13)26(23,24)22-15-6-9-17(19(10-15)25-3)18-11-20-12-21-14(18)2/h4-12,22H,1-3H3. The zero-order valence-electron chi connectivity index (χ0n) is 14.7. The van der Waals surface area contributed by atoms with E-state index in [1.54, 1.807) is 48.7 Å². The molecule has 2 aromatic carbocycles. The van der Waals surface area contributed by atoms with Crippen LogP contribution in [0, 0.1) is 13.8 Å². The highest BCUT2D eigenvalue weighted by atomic mass is 32.2. The van der Waals surface area contributed by atoms with Crippen molar-refractivity contribution in [3.05, 3.63) is 66.2 Å². The molecule has 1 heterocycles. The maximum Gasteiger partial charge on any atom is 0.261 e. The Kier molecular flexibility index (Phi) is 4.90. The molecular formula is C19H19N3O3S. The summed E-state index contributed by atoms with van der Waals surface area (Å²) in [5.41, 5.74) is 3.85. The summed E-state index contributed by atoms with van der Waals surface area (Å²) in [6.07, 6.45) is 3.19. The Morgan fingerprint density at radius 2 is 1.73 bits per heavy atom. The van der Waals surface area contributed by atoms with E-state index >= 15 is 0 Å². The van der Waals surface area contributed by atoms with Crippen LogP contribution >= 0.6 is 0 Å². The highest BCUT2D eigenvalue weighted by Gasteiger charge is 2.16. The Bertz CT molecular complexity index is 1030. The van der Waals surface area contributed by atoms with E-state index in [2.05, 4.69) is 14.7 Å². The summed E-state index contributed by atoms with van der Waals surface area (Å²) < 4.78 is 33.1. The Labute approximate surface area is 153 Å². The molecule has 3 rings (SSSR count). The van der Waals surface area contributed by atoms with Crippen molar-refractivity contribution in [3.63, 3.8) is 0 Å². The van der Waals surface area contributed by atoms with Crippen molar-refractivity contribution >= 4 is 15.7 Å². The lowest BCUT2D eigenvalue weighted by Gasteiger charge is -2.13. The fourth-order valence-corrected chi connectivity index (χ4v) is 3.61. The summed E-state index contributed by atoms with van der Waals surface area (Å²) in [6.45, 7) is 3.78. The molecule has 0 atom stereocenters. The molecule has 7 heteroatoms. The first-order chi connectivity index (χ1) is 12.4. The number of hydrogen-bond donors (Lipinski definition) is 1. The molecule has 0 fully saturated rings. The molecule has 0 amide bonds. The van der Waals surface area contributed by atoms with Crippen LogP contribution < -0.4 is 9.46 Å². The highest BCUT2D eigenvalue weighted by Crippen LogP contribution is 2.33. The van der Waals surface area contributed by atoms with Crippen LogP contribution in [0.15, 0.2) is 59.9 Å². The predicted molar refractivity (Wildman–Crippen MR) is 101 cm³/mol. The lowest BCUT2D eigenvalue weighted by Crippen LogP contribution is -2.13. The van der Waals surface area contributed by atoms with E-state index in [9.17, 15) is 8.42 Å². The van der Waals surface area contributed by atoms with E-state index in [1.165, 1.54) is 13.4 Å². The first-order valence-corrected chi connectivity index (χ1v) is 9.43. The van der Waals surface area contributed by atoms with Gasteiger partial charge in [0.25, 0.3) is 10.0 Å². The van der Waals surface area contributed by atoms with Gasteiger partial charge in [-0.05, 0) is 38.1 Å². The van der Waals surface area contributed by atoms with Crippen LogP contribution in [0.2, 0.25) is 0 Å². The lowest BCUT2D eigenvalue weighted by atomic mass is 10.0. The molecule has 1 aromatic heterocycles. The minimum absolute atomic E-state index is 0.207. The second-order valence-electron chi connectivity index (χ2n) is 5.86. The average molecular weight is 369 g/mol. The summed E-state index contributed by atoms with van der Waals surface area (Å²) in [5, 5.41) is 0. The van der Waals surface area contributed by atoms with Gasteiger partial charge in [0.15, 0.2) is 0 Å². The molecule has 0 saturated carbocycles. The number of anilines is 1. The van der Waals surface area contributed by atoms with E-state index in [0.717, 1.165) is 22.4 Å². The van der Waals surface area contributed by atoms with Gasteiger partial charge in [0.2, 0.25) is 0 Å². The van der Waals surface area contributed by atoms with Crippen LogP contribution in [-0.4, -0.2) is 25.5 Å². The SMILES string of the molecule is COc1cc(NS(=O)(=O)c2ccc(C)cc2)ccc1-c1cncnc1C. The lowest BCUT2D eigenvalue weighted by molar-refractivity contribution is 0.416. The van der Waals surface area contributed by atoms with E-state index in [4.69, 9.17) is 4.74 Å². The molecule has 0 radical (unpaired) electrons. The molecule has 0 aliphatic rings. The van der Waals surface area contributed by atoms with E-state index in [1.807, 2.05) is 13.8 Å². The molecule has 0 saturated heterocycles. The number of hydrogen-bond acceptors (Lipinski definition) is 5. The monoisotopic (exact) mass is 369 g/mol. The molecule has 0 spiro atoms. The third kappa shape index (κ3) is 3.67. The zero-order valence-corrected chi connectivity index (χ0v) is 15.5. The number of sulfonamides is 1. The van der Waals surface area contributed by atoms with Crippen LogP contribution in [0.3, 0.4) is 0 Å². The fraction of sp³-hybridized carbons (Fsp3) is 0.158. The van der Waals surface area contributed by atoms with Gasteiger partial charge >= 0.3 is 0 Å². The van der Waals surface area contributed by atoms with Gasteiger partial charge in [-0.15, -0.1) is 0 Å². The van der Waals surface area contributed by atoms with Gasteiger partial charge in [-0.1, -0.05) is 17.7 Å². The molecule has 1 N–H and O–H groups in total. The number of aromatic nitrogens is 2. The molecule has 134 valence electrons. The van der Waals surface area contributed by atoms with Crippen LogP contribution in [0.25, 0.3) is 11.1 Å². The third-order valence-corrected chi connectivity index (χ3v) is 5.38. The van der Waals surface area contributed by atoms with Crippen LogP contribution in [0.1, 0.15) is 11.3 Å². The van der Waals surface area contributed by atoms with Gasteiger partial charge in [0, 0.05) is 29.1 Å². The smallest absolute Gasteiger partial charge is 0.261 e. The van der Waals surface area contributed by atoms with Gasteiger partial charge in [0.05, 0.1) is 17.7 Å². The normalized spacial score (nSPS) is 11.2. The van der Waals surface area contributed by atoms with Crippen LogP contribution in [-0.2, 0) is 10.0 Å². The summed E-state index contributed by atoms with van der Waals surface area (Å²) in [4.78, 5) is 8.44. The largest absolute Gasteiger partial charge is 0.496 e. The highest BCUT2D eigenvalue weighted by molar-refractivity contribution is 7.92. The third-order valence-electron chi connectivity index (χ3n) is 3.99. The summed E-state index contributed by atoms with van der Waals surface area (Å²) in [7, 11) is -2.13. The van der Waals surface area contributed by atoms with Gasteiger partial charge in [0.1, 0.15) is 12.1 Å². The molecule has 0 unspecified atom stereocenters. The molecule has 0 aliphatic carbocycles. The summed E-state index contributed by atoms with van der Waals surface area (Å²) in [5.74, 6) is 0.534. The van der Waals surface area contributed by atoms with Crippen molar-refractivity contribution in [2.75, 3.05) is 11.8 Å². The Morgan fingerprint density at radius 1 is 1.00 bits per heavy atom. The van der Waals surface area contributed by atoms with E-state index in [-0.39, 0.29) is 4.90 Å². The first kappa shape index (κ1) is 17.9. The van der Waals surface area contributed by atoms with Crippen molar-refractivity contribution in [2.45, 2.75) is 18.7 Å². The molecule has 0 aliphatic heterocycles. The average Bonchev–Trinajstić information content (AvgIpc) is 2.62. The minimum atomic E-state index is -3.67. The van der Waals surface area contributed by atoms with Crippen molar-refractivity contribution in [3.8, 4) is 16.9 Å². The van der Waals surface area contributed by atoms with Crippen molar-refractivity contribution in [1.82, 2.24) is 9.97 Å². The molecule has 0 bridgehead atoms. The van der Waals surface area contributed by atoms with Gasteiger partial charge in [-0.3, -0.25) is 4.72 Å². The number of ether oxygens (including phenoxy) is 1. The Balaban J connectivity index is 1.95.